The number of hydrogen-bond acceptors (Lipinski definition) is 2. The Kier molecular flexibility index (Phi) is 5.51. The predicted octanol–water partition coefficient (Wildman–Crippen LogP) is 5.55. The molecule has 1 unspecified atom stereocenters. The molecule has 2 nitrogen and oxygen atoms in total. The number of hydrogen-bond donors (Lipinski definition) is 1. The quantitative estimate of drug-likeness (QED) is 0.703. The van der Waals surface area contributed by atoms with Crippen LogP contribution in [0.15, 0.2) is 43.9 Å². The molecule has 0 spiro atoms. The molecule has 0 aliphatic heterocycles. The van der Waals surface area contributed by atoms with Gasteiger partial charge in [-0.2, -0.15) is 0 Å². The van der Waals surface area contributed by atoms with Crippen LogP contribution >= 0.6 is 43.5 Å². The van der Waals surface area contributed by atoms with Gasteiger partial charge < -0.3 is 9.73 Å². The van der Waals surface area contributed by atoms with Crippen molar-refractivity contribution in [3.05, 3.63) is 55.8 Å². The fraction of sp³-hybridized carbons (Fsp3) is 0.286. The molecule has 1 heterocycles. The second-order valence-electron chi connectivity index (χ2n) is 4.23. The Hall–Kier alpha value is -0.290. The van der Waals surface area contributed by atoms with Gasteiger partial charge in [0.05, 0.1) is 6.04 Å². The molecule has 2 rings (SSSR count). The maximum Gasteiger partial charge on any atom is 0.169 e. The van der Waals surface area contributed by atoms with Crippen LogP contribution in [0, 0.1) is 0 Å². The molecule has 1 aromatic heterocycles. The van der Waals surface area contributed by atoms with E-state index in [2.05, 4.69) is 50.2 Å². The Morgan fingerprint density at radius 1 is 1.26 bits per heavy atom. The van der Waals surface area contributed by atoms with Gasteiger partial charge in [0.2, 0.25) is 0 Å². The van der Waals surface area contributed by atoms with Crippen molar-refractivity contribution in [2.24, 2.45) is 0 Å². The molecule has 0 aliphatic carbocycles. The van der Waals surface area contributed by atoms with Crippen LogP contribution in [0.4, 0.5) is 0 Å². The van der Waals surface area contributed by atoms with E-state index in [1.165, 1.54) is 0 Å². The van der Waals surface area contributed by atoms with Crippen LogP contribution in [-0.4, -0.2) is 6.54 Å². The van der Waals surface area contributed by atoms with Crippen LogP contribution < -0.4 is 5.32 Å². The number of halogens is 3. The summed E-state index contributed by atoms with van der Waals surface area (Å²) in [7, 11) is 0. The Balaban J connectivity index is 2.36. The summed E-state index contributed by atoms with van der Waals surface area (Å²) in [6.07, 6.45) is 1.06. The van der Waals surface area contributed by atoms with Crippen molar-refractivity contribution in [1.29, 1.82) is 0 Å². The molecule has 0 bridgehead atoms. The smallest absolute Gasteiger partial charge is 0.169 e. The number of rotatable bonds is 5. The summed E-state index contributed by atoms with van der Waals surface area (Å²) in [6, 6.07) is 9.74. The van der Waals surface area contributed by atoms with Crippen molar-refractivity contribution in [3.63, 3.8) is 0 Å². The molecule has 102 valence electrons. The fourth-order valence-corrected chi connectivity index (χ4v) is 3.10. The Labute approximate surface area is 134 Å². The highest BCUT2D eigenvalue weighted by molar-refractivity contribution is 9.10. The topological polar surface area (TPSA) is 25.2 Å². The average molecular weight is 408 g/mol. The molecular weight excluding hydrogens is 393 g/mol. The third-order valence-corrected chi connectivity index (χ3v) is 3.80. The molecule has 0 amide bonds. The van der Waals surface area contributed by atoms with Crippen molar-refractivity contribution in [2.45, 2.75) is 19.4 Å². The van der Waals surface area contributed by atoms with Gasteiger partial charge >= 0.3 is 0 Å². The highest BCUT2D eigenvalue weighted by atomic mass is 79.9. The van der Waals surface area contributed by atoms with Gasteiger partial charge in [0, 0.05) is 9.50 Å². The van der Waals surface area contributed by atoms with Gasteiger partial charge in [-0.1, -0.05) is 34.5 Å². The summed E-state index contributed by atoms with van der Waals surface area (Å²) in [5, 5.41) is 4.18. The largest absolute Gasteiger partial charge is 0.452 e. The predicted molar refractivity (Wildman–Crippen MR) is 85.7 cm³/mol. The van der Waals surface area contributed by atoms with Gasteiger partial charge in [-0.05, 0) is 64.8 Å². The zero-order valence-corrected chi connectivity index (χ0v) is 14.3. The minimum atomic E-state index is 0.00116. The molecule has 0 radical (unpaired) electrons. The van der Waals surface area contributed by atoms with E-state index in [0.717, 1.165) is 33.4 Å². The van der Waals surface area contributed by atoms with Gasteiger partial charge in [-0.3, -0.25) is 0 Å². The highest BCUT2D eigenvalue weighted by Gasteiger charge is 2.18. The van der Waals surface area contributed by atoms with Gasteiger partial charge in [-0.15, -0.1) is 0 Å². The molecule has 0 saturated heterocycles. The molecule has 5 heteroatoms. The van der Waals surface area contributed by atoms with E-state index < -0.39 is 0 Å². The number of nitrogens with one attached hydrogen (secondary N) is 1. The first kappa shape index (κ1) is 15.1. The van der Waals surface area contributed by atoms with Crippen molar-refractivity contribution in [3.8, 4) is 0 Å². The second kappa shape index (κ2) is 6.93. The lowest BCUT2D eigenvalue weighted by Gasteiger charge is -2.17. The van der Waals surface area contributed by atoms with E-state index in [9.17, 15) is 0 Å². The van der Waals surface area contributed by atoms with E-state index in [0.29, 0.717) is 5.02 Å². The molecule has 0 fully saturated rings. The minimum Gasteiger partial charge on any atom is -0.452 e. The van der Waals surface area contributed by atoms with E-state index in [-0.39, 0.29) is 6.04 Å². The minimum absolute atomic E-state index is 0.00116. The molecule has 1 aromatic carbocycles. The van der Waals surface area contributed by atoms with Crippen molar-refractivity contribution in [2.75, 3.05) is 6.54 Å². The number of benzene rings is 1. The van der Waals surface area contributed by atoms with E-state index in [4.69, 9.17) is 16.0 Å². The summed E-state index contributed by atoms with van der Waals surface area (Å²) in [5.74, 6) is 0.870. The normalized spacial score (nSPS) is 12.6. The third-order valence-electron chi connectivity index (χ3n) is 2.70. The summed E-state index contributed by atoms with van der Waals surface area (Å²) in [6.45, 7) is 3.04. The lowest BCUT2D eigenvalue weighted by molar-refractivity contribution is 0.433. The van der Waals surface area contributed by atoms with Gasteiger partial charge in [0.15, 0.2) is 4.67 Å². The summed E-state index contributed by atoms with van der Waals surface area (Å²) >= 11 is 12.9. The zero-order chi connectivity index (χ0) is 13.8. The standard InChI is InChI=1S/C14H14Br2ClNO/c1-2-5-18-14(12-3-4-13(16)19-12)9-6-10(15)8-11(17)7-9/h3-4,6-8,14,18H,2,5H2,1H3. The zero-order valence-electron chi connectivity index (χ0n) is 10.4. The van der Waals surface area contributed by atoms with Gasteiger partial charge in [0.1, 0.15) is 5.76 Å². The number of furan rings is 1. The monoisotopic (exact) mass is 405 g/mol. The first-order valence-electron chi connectivity index (χ1n) is 6.04. The molecule has 2 aromatic rings. The molecular formula is C14H14Br2ClNO. The lowest BCUT2D eigenvalue weighted by Crippen LogP contribution is -2.22. The maximum atomic E-state index is 6.12. The second-order valence-corrected chi connectivity index (χ2v) is 6.37. The lowest BCUT2D eigenvalue weighted by atomic mass is 10.0. The Morgan fingerprint density at radius 2 is 2.05 bits per heavy atom. The van der Waals surface area contributed by atoms with Crippen molar-refractivity contribution in [1.82, 2.24) is 5.32 Å². The van der Waals surface area contributed by atoms with E-state index in [1.807, 2.05) is 24.3 Å². The summed E-state index contributed by atoms with van der Waals surface area (Å²) in [4.78, 5) is 0. The SMILES string of the molecule is CCCNC(c1cc(Cl)cc(Br)c1)c1ccc(Br)o1. The van der Waals surface area contributed by atoms with Crippen molar-refractivity contribution < 1.29 is 4.42 Å². The van der Waals surface area contributed by atoms with Crippen LogP contribution in [-0.2, 0) is 0 Å². The first-order chi connectivity index (χ1) is 9.10. The van der Waals surface area contributed by atoms with Gasteiger partial charge in [-0.25, -0.2) is 0 Å². The van der Waals surface area contributed by atoms with Crippen LogP contribution in [0.1, 0.15) is 30.7 Å². The molecule has 1 N–H and O–H groups in total. The third kappa shape index (κ3) is 4.09. The maximum absolute atomic E-state index is 6.12. The molecule has 0 aliphatic rings. The first-order valence-corrected chi connectivity index (χ1v) is 8.01. The van der Waals surface area contributed by atoms with Crippen LogP contribution in [0.25, 0.3) is 0 Å². The Morgan fingerprint density at radius 3 is 2.63 bits per heavy atom. The average Bonchev–Trinajstić information content (AvgIpc) is 2.75. The van der Waals surface area contributed by atoms with E-state index >= 15 is 0 Å². The van der Waals surface area contributed by atoms with Crippen LogP contribution in [0.2, 0.25) is 5.02 Å². The molecule has 19 heavy (non-hydrogen) atoms. The van der Waals surface area contributed by atoms with Crippen LogP contribution in [0.3, 0.4) is 0 Å². The van der Waals surface area contributed by atoms with Crippen molar-refractivity contribution >= 4 is 43.5 Å². The highest BCUT2D eigenvalue weighted by Crippen LogP contribution is 2.30. The fourth-order valence-electron chi connectivity index (χ4n) is 1.90. The Bertz CT molecular complexity index is 536. The van der Waals surface area contributed by atoms with E-state index in [1.54, 1.807) is 0 Å². The summed E-state index contributed by atoms with van der Waals surface area (Å²) in [5.41, 5.74) is 1.08. The molecule has 0 saturated carbocycles. The molecule has 1 atom stereocenters. The van der Waals surface area contributed by atoms with Crippen LogP contribution in [0.5, 0.6) is 0 Å². The van der Waals surface area contributed by atoms with Gasteiger partial charge in [0.25, 0.3) is 0 Å². The summed E-state index contributed by atoms with van der Waals surface area (Å²) < 4.78 is 7.36.